The highest BCUT2D eigenvalue weighted by atomic mass is 79.9. The van der Waals surface area contributed by atoms with Crippen molar-refractivity contribution in [2.45, 2.75) is 0 Å². The topological polar surface area (TPSA) is 62.3 Å². The third-order valence-electron chi connectivity index (χ3n) is 3.89. The first-order valence-corrected chi connectivity index (χ1v) is 7.89. The summed E-state index contributed by atoms with van der Waals surface area (Å²) in [6, 6.07) is 15.9. The Morgan fingerprint density at radius 2 is 1.87 bits per heavy atom. The smallest absolute Gasteiger partial charge is 0.341 e. The van der Waals surface area contributed by atoms with Crippen molar-refractivity contribution in [1.29, 1.82) is 0 Å². The van der Waals surface area contributed by atoms with Gasteiger partial charge in [0.1, 0.15) is 5.75 Å². The standard InChI is InChI=1S/C18H12BrNO3/c19-11-2-6-16-15(8-11)14-4-1-10-7-12(23-9-17(21)22)3-5-13(10)18(14)20-16/h1-8,20H,9H2,(H,21,22). The molecular formula is C18H12BrNO3. The number of carboxylic acid groups (broad SMARTS) is 1. The van der Waals surface area contributed by atoms with Crippen molar-refractivity contribution < 1.29 is 14.6 Å². The number of aromatic nitrogens is 1. The van der Waals surface area contributed by atoms with Crippen molar-refractivity contribution in [3.8, 4) is 5.75 Å². The molecule has 0 aliphatic carbocycles. The molecule has 0 atom stereocenters. The lowest BCUT2D eigenvalue weighted by Gasteiger charge is -2.05. The zero-order valence-electron chi connectivity index (χ0n) is 12.0. The number of rotatable bonds is 3. The molecule has 4 rings (SSSR count). The van der Waals surface area contributed by atoms with Crippen molar-refractivity contribution in [1.82, 2.24) is 4.98 Å². The van der Waals surface area contributed by atoms with Gasteiger partial charge in [0.2, 0.25) is 0 Å². The molecule has 0 bridgehead atoms. The van der Waals surface area contributed by atoms with Crippen molar-refractivity contribution in [2.75, 3.05) is 6.61 Å². The number of carbonyl (C=O) groups is 1. The molecule has 0 amide bonds. The van der Waals surface area contributed by atoms with Crippen LogP contribution in [0.1, 0.15) is 0 Å². The van der Waals surface area contributed by atoms with E-state index in [-0.39, 0.29) is 6.61 Å². The average Bonchev–Trinajstić information content (AvgIpc) is 2.90. The Morgan fingerprint density at radius 1 is 1.04 bits per heavy atom. The number of hydrogen-bond acceptors (Lipinski definition) is 2. The molecule has 0 saturated heterocycles. The third-order valence-corrected chi connectivity index (χ3v) is 4.38. The maximum absolute atomic E-state index is 10.6. The van der Waals surface area contributed by atoms with E-state index in [0.29, 0.717) is 5.75 Å². The molecule has 0 aliphatic rings. The van der Waals surface area contributed by atoms with Gasteiger partial charge in [-0.1, -0.05) is 28.1 Å². The molecule has 4 nitrogen and oxygen atoms in total. The highest BCUT2D eigenvalue weighted by Gasteiger charge is 2.09. The minimum absolute atomic E-state index is 0.339. The molecule has 0 radical (unpaired) electrons. The summed E-state index contributed by atoms with van der Waals surface area (Å²) in [5, 5.41) is 13.1. The molecule has 0 fully saturated rings. The normalized spacial score (nSPS) is 11.3. The fraction of sp³-hybridized carbons (Fsp3) is 0.0556. The second-order valence-corrected chi connectivity index (χ2v) is 6.28. The lowest BCUT2D eigenvalue weighted by molar-refractivity contribution is -0.139. The molecule has 114 valence electrons. The van der Waals surface area contributed by atoms with Gasteiger partial charge in [-0.2, -0.15) is 0 Å². The predicted molar refractivity (Wildman–Crippen MR) is 94.1 cm³/mol. The molecule has 4 aromatic rings. The largest absolute Gasteiger partial charge is 0.482 e. The Balaban J connectivity index is 1.91. The average molecular weight is 370 g/mol. The van der Waals surface area contributed by atoms with Crippen LogP contribution in [-0.4, -0.2) is 22.7 Å². The van der Waals surface area contributed by atoms with Crippen LogP contribution in [-0.2, 0) is 4.79 Å². The Kier molecular flexibility index (Phi) is 3.23. The maximum atomic E-state index is 10.6. The van der Waals surface area contributed by atoms with E-state index >= 15 is 0 Å². The molecule has 2 N–H and O–H groups in total. The summed E-state index contributed by atoms with van der Waals surface area (Å²) in [6.07, 6.45) is 0. The summed E-state index contributed by atoms with van der Waals surface area (Å²) in [7, 11) is 0. The number of benzene rings is 3. The second kappa shape index (κ2) is 5.28. The van der Waals surface area contributed by atoms with Gasteiger partial charge in [-0.25, -0.2) is 4.79 Å². The van der Waals surface area contributed by atoms with Gasteiger partial charge in [0.15, 0.2) is 6.61 Å². The number of nitrogens with one attached hydrogen (secondary N) is 1. The van der Waals surface area contributed by atoms with Crippen molar-refractivity contribution in [3.63, 3.8) is 0 Å². The monoisotopic (exact) mass is 369 g/mol. The van der Waals surface area contributed by atoms with E-state index in [0.717, 1.165) is 31.7 Å². The van der Waals surface area contributed by atoms with Gasteiger partial charge in [0.25, 0.3) is 0 Å². The summed E-state index contributed by atoms with van der Waals surface area (Å²) in [4.78, 5) is 14.1. The number of carboxylic acids is 1. The molecule has 0 spiro atoms. The number of hydrogen-bond donors (Lipinski definition) is 2. The third kappa shape index (κ3) is 2.43. The van der Waals surface area contributed by atoms with Gasteiger partial charge in [0.05, 0.1) is 5.52 Å². The van der Waals surface area contributed by atoms with Crippen LogP contribution in [0.4, 0.5) is 0 Å². The van der Waals surface area contributed by atoms with E-state index in [1.165, 1.54) is 5.39 Å². The summed E-state index contributed by atoms with van der Waals surface area (Å²) < 4.78 is 6.29. The molecule has 0 saturated carbocycles. The van der Waals surface area contributed by atoms with Crippen LogP contribution in [0, 0.1) is 0 Å². The lowest BCUT2D eigenvalue weighted by Crippen LogP contribution is -2.09. The molecular weight excluding hydrogens is 358 g/mol. The van der Waals surface area contributed by atoms with Crippen LogP contribution in [0.15, 0.2) is 53.0 Å². The van der Waals surface area contributed by atoms with Crippen LogP contribution in [0.3, 0.4) is 0 Å². The minimum atomic E-state index is -0.984. The van der Waals surface area contributed by atoms with Gasteiger partial charge in [0, 0.05) is 26.1 Å². The van der Waals surface area contributed by atoms with Gasteiger partial charge in [-0.15, -0.1) is 0 Å². The molecule has 0 aliphatic heterocycles. The van der Waals surface area contributed by atoms with Crippen LogP contribution in [0.2, 0.25) is 0 Å². The fourth-order valence-electron chi connectivity index (χ4n) is 2.88. The maximum Gasteiger partial charge on any atom is 0.341 e. The number of fused-ring (bicyclic) bond motifs is 5. The minimum Gasteiger partial charge on any atom is -0.482 e. The van der Waals surface area contributed by atoms with Gasteiger partial charge < -0.3 is 14.8 Å². The number of H-pyrrole nitrogens is 1. The summed E-state index contributed by atoms with van der Waals surface area (Å²) in [5.41, 5.74) is 2.15. The van der Waals surface area contributed by atoms with Crippen molar-refractivity contribution in [3.05, 3.63) is 53.0 Å². The number of aromatic amines is 1. The molecule has 0 unspecified atom stereocenters. The van der Waals surface area contributed by atoms with Crippen LogP contribution < -0.4 is 4.74 Å². The van der Waals surface area contributed by atoms with Crippen LogP contribution in [0.5, 0.6) is 5.75 Å². The number of halogens is 1. The molecule has 1 aromatic heterocycles. The summed E-state index contributed by atoms with van der Waals surface area (Å²) in [5.74, 6) is -0.431. The Morgan fingerprint density at radius 3 is 2.70 bits per heavy atom. The zero-order chi connectivity index (χ0) is 16.0. The fourth-order valence-corrected chi connectivity index (χ4v) is 3.25. The van der Waals surface area contributed by atoms with E-state index in [9.17, 15) is 4.79 Å². The highest BCUT2D eigenvalue weighted by molar-refractivity contribution is 9.10. The Bertz CT molecular complexity index is 1070. The second-order valence-electron chi connectivity index (χ2n) is 5.37. The van der Waals surface area contributed by atoms with Crippen molar-refractivity contribution >= 4 is 54.5 Å². The summed E-state index contributed by atoms with van der Waals surface area (Å²) in [6.45, 7) is -0.339. The van der Waals surface area contributed by atoms with Crippen LogP contribution in [0.25, 0.3) is 32.6 Å². The van der Waals surface area contributed by atoms with Gasteiger partial charge in [-0.05, 0) is 41.8 Å². The Hall–Kier alpha value is -2.53. The highest BCUT2D eigenvalue weighted by Crippen LogP contribution is 2.33. The molecule has 1 heterocycles. The first-order valence-electron chi connectivity index (χ1n) is 7.10. The number of aliphatic carboxylic acids is 1. The van der Waals surface area contributed by atoms with E-state index in [4.69, 9.17) is 9.84 Å². The first kappa shape index (κ1) is 14.1. The van der Waals surface area contributed by atoms with E-state index < -0.39 is 5.97 Å². The lowest BCUT2D eigenvalue weighted by atomic mass is 10.1. The molecule has 3 aromatic carbocycles. The quantitative estimate of drug-likeness (QED) is 0.550. The van der Waals surface area contributed by atoms with Crippen molar-refractivity contribution in [2.24, 2.45) is 0 Å². The zero-order valence-corrected chi connectivity index (χ0v) is 13.6. The first-order chi connectivity index (χ1) is 11.1. The van der Waals surface area contributed by atoms with E-state index in [1.54, 1.807) is 6.07 Å². The van der Waals surface area contributed by atoms with Gasteiger partial charge >= 0.3 is 5.97 Å². The molecule has 23 heavy (non-hydrogen) atoms. The predicted octanol–water partition coefficient (Wildman–Crippen LogP) is 4.70. The Labute approximate surface area is 139 Å². The molecule has 5 heteroatoms. The van der Waals surface area contributed by atoms with E-state index in [1.807, 2.05) is 24.3 Å². The SMILES string of the molecule is O=C(O)COc1ccc2c(ccc3c4cc(Br)ccc4[nH]c23)c1. The van der Waals surface area contributed by atoms with Crippen LogP contribution >= 0.6 is 15.9 Å². The number of ether oxygens (including phenoxy) is 1. The summed E-state index contributed by atoms with van der Waals surface area (Å²) >= 11 is 3.51. The van der Waals surface area contributed by atoms with E-state index in [2.05, 4.69) is 39.1 Å². The van der Waals surface area contributed by atoms with Gasteiger partial charge in [-0.3, -0.25) is 0 Å².